The van der Waals surface area contributed by atoms with Gasteiger partial charge in [-0.05, 0) is 6.16 Å². The Kier molecular flexibility index (Phi) is 4.78. The van der Waals surface area contributed by atoms with Crippen LogP contribution in [0, 0.1) is 0 Å². The molecular formula is C3H6Cl3PSi. The van der Waals surface area contributed by atoms with Gasteiger partial charge in [-0.1, -0.05) is 11.8 Å². The lowest BCUT2D eigenvalue weighted by Gasteiger charge is -1.95. The minimum absolute atomic E-state index is 0.848. The van der Waals surface area contributed by atoms with E-state index in [1.165, 1.54) is 0 Å². The van der Waals surface area contributed by atoms with Gasteiger partial charge in [0.05, 0.1) is 0 Å². The molecule has 0 radical (unpaired) electrons. The summed E-state index contributed by atoms with van der Waals surface area (Å²) in [6.07, 6.45) is 2.69. The summed E-state index contributed by atoms with van der Waals surface area (Å²) in [7, 11) is 2.52. The van der Waals surface area contributed by atoms with Crippen molar-refractivity contribution in [1.82, 2.24) is 0 Å². The number of rotatable bonds is 2. The lowest BCUT2D eigenvalue weighted by atomic mass is 10.8. The van der Waals surface area contributed by atoms with Gasteiger partial charge in [0.15, 0.2) is 0 Å². The van der Waals surface area contributed by atoms with E-state index in [1.54, 1.807) is 5.70 Å². The summed E-state index contributed by atoms with van der Waals surface area (Å²) in [4.78, 5) is 0. The van der Waals surface area contributed by atoms with Crippen molar-refractivity contribution in [2.24, 2.45) is 0 Å². The molecule has 0 aromatic rings. The summed E-state index contributed by atoms with van der Waals surface area (Å²) in [6.45, 7) is 0. The summed E-state index contributed by atoms with van der Waals surface area (Å²) in [5.41, 5.74) is 1.66. The topological polar surface area (TPSA) is 0 Å². The largest absolute Gasteiger partial charge is 0.365 e. The van der Waals surface area contributed by atoms with E-state index >= 15 is 0 Å². The smallest absolute Gasteiger partial charge is 0.134 e. The molecule has 48 valence electrons. The lowest BCUT2D eigenvalue weighted by molar-refractivity contribution is 1.81. The van der Waals surface area contributed by atoms with E-state index in [2.05, 4.69) is 9.24 Å². The van der Waals surface area contributed by atoms with Crippen molar-refractivity contribution in [2.45, 2.75) is 0 Å². The Bertz CT molecular complexity index is 87.0. The molecule has 0 bridgehead atoms. The maximum atomic E-state index is 5.49. The quantitative estimate of drug-likeness (QED) is 0.371. The minimum atomic E-state index is -2.46. The molecule has 0 aromatic heterocycles. The van der Waals surface area contributed by atoms with Crippen LogP contribution in [0.2, 0.25) is 0 Å². The predicted octanol–water partition coefficient (Wildman–Crippen LogP) is 2.61. The van der Waals surface area contributed by atoms with Gasteiger partial charge in [0.2, 0.25) is 0 Å². The summed E-state index contributed by atoms with van der Waals surface area (Å²) < 4.78 is 0. The fourth-order valence-electron chi connectivity index (χ4n) is 0.202. The second kappa shape index (κ2) is 4.13. The highest BCUT2D eigenvalue weighted by Gasteiger charge is 2.18. The first-order valence-corrected chi connectivity index (χ1v) is 7.93. The Hall–Kier alpha value is 1.26. The molecule has 0 spiro atoms. The van der Waals surface area contributed by atoms with Crippen molar-refractivity contribution in [3.8, 4) is 0 Å². The predicted molar refractivity (Wildman–Crippen MR) is 47.0 cm³/mol. The lowest BCUT2D eigenvalue weighted by Crippen LogP contribution is -2.03. The van der Waals surface area contributed by atoms with Gasteiger partial charge in [-0.3, -0.25) is 0 Å². The molecule has 0 aromatic carbocycles. The molecule has 0 N–H and O–H groups in total. The van der Waals surface area contributed by atoms with E-state index in [1.807, 2.05) is 6.08 Å². The fraction of sp³-hybridized carbons (Fsp3) is 0.333. The van der Waals surface area contributed by atoms with Crippen molar-refractivity contribution < 1.29 is 0 Å². The Labute approximate surface area is 66.5 Å². The van der Waals surface area contributed by atoms with Crippen LogP contribution >= 0.6 is 42.5 Å². The molecule has 0 amide bonds. The molecule has 0 aliphatic heterocycles. The van der Waals surface area contributed by atoms with Crippen LogP contribution in [-0.4, -0.2) is 12.2 Å². The number of hydrogen-bond acceptors (Lipinski definition) is 0. The number of halogens is 3. The third kappa shape index (κ3) is 7.26. The van der Waals surface area contributed by atoms with Gasteiger partial charge in [0, 0.05) is 0 Å². The SMILES string of the molecule is PCC=C[Si](Cl)(Cl)Cl. The van der Waals surface area contributed by atoms with E-state index in [-0.39, 0.29) is 0 Å². The fourth-order valence-corrected chi connectivity index (χ4v) is 1.82. The molecule has 8 heavy (non-hydrogen) atoms. The summed E-state index contributed by atoms with van der Waals surface area (Å²) in [5, 5.41) is 0. The summed E-state index contributed by atoms with van der Waals surface area (Å²) in [5.74, 6) is 0. The Morgan fingerprint density at radius 1 is 1.38 bits per heavy atom. The van der Waals surface area contributed by atoms with E-state index in [9.17, 15) is 0 Å². The molecule has 1 atom stereocenters. The molecule has 0 nitrogen and oxygen atoms in total. The maximum absolute atomic E-state index is 5.49. The third-order valence-electron chi connectivity index (χ3n) is 0.443. The standard InChI is InChI=1S/C3H6Cl3PSi/c4-8(5,6)3-1-2-7/h1,3H,2,7H2. The van der Waals surface area contributed by atoms with Crippen LogP contribution in [0.1, 0.15) is 0 Å². The highest BCUT2D eigenvalue weighted by molar-refractivity contribution is 7.66. The summed E-state index contributed by atoms with van der Waals surface area (Å²) in [6, 6.07) is -2.46. The first-order valence-electron chi connectivity index (χ1n) is 2.01. The van der Waals surface area contributed by atoms with Gasteiger partial charge in [-0.2, -0.15) is 0 Å². The van der Waals surface area contributed by atoms with Crippen molar-refractivity contribution in [2.75, 3.05) is 6.16 Å². The average molecular weight is 208 g/mol. The number of allylic oxidation sites excluding steroid dienone is 1. The minimum Gasteiger partial charge on any atom is -0.134 e. The molecule has 0 aliphatic carbocycles. The van der Waals surface area contributed by atoms with Gasteiger partial charge in [-0.25, -0.2) is 0 Å². The van der Waals surface area contributed by atoms with Crippen LogP contribution < -0.4 is 0 Å². The van der Waals surface area contributed by atoms with Crippen molar-refractivity contribution in [3.05, 3.63) is 11.8 Å². The van der Waals surface area contributed by atoms with Crippen LogP contribution in [0.3, 0.4) is 0 Å². The first-order chi connectivity index (χ1) is 3.56. The first kappa shape index (κ1) is 9.26. The summed E-state index contributed by atoms with van der Waals surface area (Å²) >= 11 is 16.5. The van der Waals surface area contributed by atoms with Gasteiger partial charge in [-0.15, -0.1) is 42.5 Å². The molecule has 0 saturated carbocycles. The van der Waals surface area contributed by atoms with Crippen LogP contribution in [0.15, 0.2) is 11.8 Å². The van der Waals surface area contributed by atoms with Crippen molar-refractivity contribution in [1.29, 1.82) is 0 Å². The van der Waals surface area contributed by atoms with Gasteiger partial charge >= 0.3 is 6.00 Å². The normalized spacial score (nSPS) is 13.0. The molecule has 0 saturated heterocycles. The highest BCUT2D eigenvalue weighted by atomic mass is 35.8. The maximum Gasteiger partial charge on any atom is 0.365 e. The van der Waals surface area contributed by atoms with Crippen LogP contribution in [0.4, 0.5) is 0 Å². The van der Waals surface area contributed by atoms with E-state index in [0.29, 0.717) is 0 Å². The van der Waals surface area contributed by atoms with E-state index < -0.39 is 6.00 Å². The van der Waals surface area contributed by atoms with Gasteiger partial charge in [0.25, 0.3) is 0 Å². The van der Waals surface area contributed by atoms with Crippen molar-refractivity contribution >= 4 is 48.5 Å². The van der Waals surface area contributed by atoms with E-state index in [0.717, 1.165) is 6.16 Å². The molecular weight excluding hydrogens is 201 g/mol. The molecule has 0 rings (SSSR count). The molecule has 0 aliphatic rings. The van der Waals surface area contributed by atoms with E-state index in [4.69, 9.17) is 33.2 Å². The monoisotopic (exact) mass is 206 g/mol. The molecule has 0 fully saturated rings. The Balaban J connectivity index is 3.52. The van der Waals surface area contributed by atoms with Gasteiger partial charge < -0.3 is 0 Å². The zero-order valence-corrected chi connectivity index (χ0v) is 8.50. The Morgan fingerprint density at radius 3 is 2.00 bits per heavy atom. The Morgan fingerprint density at radius 2 is 1.88 bits per heavy atom. The number of hydrogen-bond donors (Lipinski definition) is 0. The van der Waals surface area contributed by atoms with Crippen molar-refractivity contribution in [3.63, 3.8) is 0 Å². The molecule has 0 heterocycles. The third-order valence-corrected chi connectivity index (χ3v) is 2.46. The highest BCUT2D eigenvalue weighted by Crippen LogP contribution is 2.20. The second-order valence-electron chi connectivity index (χ2n) is 1.18. The van der Waals surface area contributed by atoms with Crippen LogP contribution in [0.25, 0.3) is 0 Å². The van der Waals surface area contributed by atoms with Crippen LogP contribution in [-0.2, 0) is 0 Å². The molecule has 1 unspecified atom stereocenters. The zero-order chi connectivity index (χ0) is 6.62. The second-order valence-corrected chi connectivity index (χ2v) is 10.2. The average Bonchev–Trinajstić information content (AvgIpc) is 1.59. The zero-order valence-electron chi connectivity index (χ0n) is 4.07. The molecule has 5 heteroatoms. The van der Waals surface area contributed by atoms with Crippen LogP contribution in [0.5, 0.6) is 0 Å². The van der Waals surface area contributed by atoms with Gasteiger partial charge in [0.1, 0.15) is 0 Å².